The number of alkyl halides is 3. The number of hydrogen-bond donors (Lipinski definition) is 0. The number of nitrogens with zero attached hydrogens (tertiary/aromatic N) is 1. The van der Waals surface area contributed by atoms with E-state index in [4.69, 9.17) is 0 Å². The number of rotatable bonds is 1. The maximum atomic E-state index is 12.6. The molecule has 1 fully saturated rings. The van der Waals surface area contributed by atoms with Crippen molar-refractivity contribution >= 4 is 5.91 Å². The molecule has 0 aliphatic carbocycles. The second-order valence-corrected chi connectivity index (χ2v) is 5.20. The molecule has 0 N–H and O–H groups in total. The zero-order valence-electron chi connectivity index (χ0n) is 11.9. The molecule has 2 nitrogen and oxygen atoms in total. The van der Waals surface area contributed by atoms with Crippen LogP contribution >= 0.6 is 0 Å². The van der Waals surface area contributed by atoms with Crippen molar-refractivity contribution < 1.29 is 18.0 Å². The van der Waals surface area contributed by atoms with E-state index in [1.165, 1.54) is 12.1 Å². The highest BCUT2D eigenvalue weighted by atomic mass is 19.4. The van der Waals surface area contributed by atoms with Crippen LogP contribution in [0.15, 0.2) is 24.3 Å². The third-order valence-electron chi connectivity index (χ3n) is 3.77. The average molecular weight is 295 g/mol. The van der Waals surface area contributed by atoms with Crippen LogP contribution in [-0.4, -0.2) is 17.4 Å². The molecule has 5 heteroatoms. The number of benzene rings is 1. The molecule has 1 aliphatic rings. The van der Waals surface area contributed by atoms with Crippen molar-refractivity contribution in [2.45, 2.75) is 32.5 Å². The number of halogens is 3. The van der Waals surface area contributed by atoms with Crippen LogP contribution < -0.4 is 0 Å². The standard InChI is InChI=1S/C16H16F3NO/c1-3-4-14(21)20-10-9-11(2)15(20)12-5-7-13(8-6-12)16(17,18)19/h5-8,11,15H,9-10H2,1-2H3/t11-,15-/m0/s1. The van der Waals surface area contributed by atoms with Crippen molar-refractivity contribution in [3.05, 3.63) is 35.4 Å². The van der Waals surface area contributed by atoms with Crippen LogP contribution in [0, 0.1) is 17.8 Å². The molecule has 0 unspecified atom stereocenters. The van der Waals surface area contributed by atoms with E-state index in [1.54, 1.807) is 11.8 Å². The predicted molar refractivity (Wildman–Crippen MR) is 73.1 cm³/mol. The van der Waals surface area contributed by atoms with Crippen molar-refractivity contribution in [1.82, 2.24) is 4.90 Å². The quantitative estimate of drug-likeness (QED) is 0.724. The van der Waals surface area contributed by atoms with Gasteiger partial charge in [0.15, 0.2) is 0 Å². The summed E-state index contributed by atoms with van der Waals surface area (Å²) < 4.78 is 37.8. The minimum atomic E-state index is -4.34. The van der Waals surface area contributed by atoms with Crippen molar-refractivity contribution in [1.29, 1.82) is 0 Å². The summed E-state index contributed by atoms with van der Waals surface area (Å²) in [4.78, 5) is 13.6. The van der Waals surface area contributed by atoms with Crippen molar-refractivity contribution in [2.75, 3.05) is 6.54 Å². The average Bonchev–Trinajstić information content (AvgIpc) is 2.80. The third kappa shape index (κ3) is 3.21. The number of amides is 1. The SMILES string of the molecule is CC#CC(=O)N1CC[C@H](C)[C@H]1c1ccc(C(F)(F)F)cc1. The van der Waals surface area contributed by atoms with Gasteiger partial charge in [-0.2, -0.15) is 13.2 Å². The molecule has 2 rings (SSSR count). The molecule has 0 radical (unpaired) electrons. The Bertz CT molecular complexity index is 580. The van der Waals surface area contributed by atoms with E-state index in [0.717, 1.165) is 24.1 Å². The molecule has 1 aliphatic heterocycles. The molecule has 0 aromatic heterocycles. The van der Waals surface area contributed by atoms with E-state index < -0.39 is 11.7 Å². The van der Waals surface area contributed by atoms with E-state index >= 15 is 0 Å². The van der Waals surface area contributed by atoms with Gasteiger partial charge in [0.25, 0.3) is 5.91 Å². The zero-order chi connectivity index (χ0) is 15.6. The van der Waals surface area contributed by atoms with E-state index in [9.17, 15) is 18.0 Å². The van der Waals surface area contributed by atoms with E-state index in [0.29, 0.717) is 6.54 Å². The second kappa shape index (κ2) is 5.80. The summed E-state index contributed by atoms with van der Waals surface area (Å²) in [6, 6.07) is 4.83. The van der Waals surface area contributed by atoms with E-state index in [1.807, 2.05) is 6.92 Å². The van der Waals surface area contributed by atoms with Crippen molar-refractivity contribution in [2.24, 2.45) is 5.92 Å². The Morgan fingerprint density at radius 2 is 1.90 bits per heavy atom. The first-order valence-electron chi connectivity index (χ1n) is 6.75. The highest BCUT2D eigenvalue weighted by molar-refractivity contribution is 5.94. The Labute approximate surface area is 121 Å². The molecule has 1 aromatic carbocycles. The number of carbonyl (C=O) groups excluding carboxylic acids is 1. The van der Waals surface area contributed by atoms with Crippen LogP contribution in [0.5, 0.6) is 0 Å². The molecule has 112 valence electrons. The highest BCUT2D eigenvalue weighted by Gasteiger charge is 2.36. The van der Waals surface area contributed by atoms with Gasteiger partial charge in [0.05, 0.1) is 11.6 Å². The number of likely N-dealkylation sites (tertiary alicyclic amines) is 1. The van der Waals surface area contributed by atoms with Gasteiger partial charge < -0.3 is 4.90 Å². The van der Waals surface area contributed by atoms with Crippen molar-refractivity contribution in [3.63, 3.8) is 0 Å². The van der Waals surface area contributed by atoms with Crippen LogP contribution in [0.4, 0.5) is 13.2 Å². The van der Waals surface area contributed by atoms with Crippen LogP contribution in [0.1, 0.15) is 37.4 Å². The maximum absolute atomic E-state index is 12.6. The predicted octanol–water partition coefficient (Wildman–Crippen LogP) is 3.64. The lowest BCUT2D eigenvalue weighted by Crippen LogP contribution is -2.30. The van der Waals surface area contributed by atoms with Gasteiger partial charge in [-0.25, -0.2) is 0 Å². The molecule has 1 heterocycles. The smallest absolute Gasteiger partial charge is 0.325 e. The van der Waals surface area contributed by atoms with Gasteiger partial charge in [0, 0.05) is 6.54 Å². The molecular weight excluding hydrogens is 279 g/mol. The van der Waals surface area contributed by atoms with Crippen molar-refractivity contribution in [3.8, 4) is 11.8 Å². The third-order valence-corrected chi connectivity index (χ3v) is 3.77. The van der Waals surface area contributed by atoms with Crippen LogP contribution in [-0.2, 0) is 11.0 Å². The molecule has 1 saturated heterocycles. The fraction of sp³-hybridized carbons (Fsp3) is 0.438. The van der Waals surface area contributed by atoms with E-state index in [2.05, 4.69) is 11.8 Å². The molecule has 0 saturated carbocycles. The van der Waals surface area contributed by atoms with Crippen LogP contribution in [0.3, 0.4) is 0 Å². The topological polar surface area (TPSA) is 20.3 Å². The van der Waals surface area contributed by atoms with E-state index in [-0.39, 0.29) is 17.9 Å². The molecule has 2 atom stereocenters. The summed E-state index contributed by atoms with van der Waals surface area (Å²) in [5.74, 6) is 5.00. The fourth-order valence-corrected chi connectivity index (χ4v) is 2.73. The fourth-order valence-electron chi connectivity index (χ4n) is 2.73. The summed E-state index contributed by atoms with van der Waals surface area (Å²) in [6.07, 6.45) is -3.52. The lowest BCUT2D eigenvalue weighted by molar-refractivity contribution is -0.137. The van der Waals surface area contributed by atoms with Gasteiger partial charge in [-0.3, -0.25) is 4.79 Å². The normalized spacial score (nSPS) is 21.9. The van der Waals surface area contributed by atoms with Gasteiger partial charge in [-0.1, -0.05) is 25.0 Å². The van der Waals surface area contributed by atoms with Gasteiger partial charge >= 0.3 is 6.18 Å². The largest absolute Gasteiger partial charge is 0.416 e. The lowest BCUT2D eigenvalue weighted by atomic mass is 9.94. The minimum Gasteiger partial charge on any atom is -0.325 e. The Hall–Kier alpha value is -1.96. The molecule has 0 spiro atoms. The zero-order valence-corrected chi connectivity index (χ0v) is 11.9. The van der Waals surface area contributed by atoms with Gasteiger partial charge in [0.2, 0.25) is 0 Å². The summed E-state index contributed by atoms with van der Waals surface area (Å²) >= 11 is 0. The Kier molecular flexibility index (Phi) is 4.26. The second-order valence-electron chi connectivity index (χ2n) is 5.20. The first-order chi connectivity index (χ1) is 9.84. The first kappa shape index (κ1) is 15.4. The van der Waals surface area contributed by atoms with Gasteiger partial charge in [-0.05, 0) is 42.9 Å². The molecule has 21 heavy (non-hydrogen) atoms. The number of hydrogen-bond acceptors (Lipinski definition) is 1. The Morgan fingerprint density at radius 3 is 2.43 bits per heavy atom. The van der Waals surface area contributed by atoms with Crippen LogP contribution in [0.2, 0.25) is 0 Å². The summed E-state index contributed by atoms with van der Waals surface area (Å²) in [5.41, 5.74) is 0.0439. The maximum Gasteiger partial charge on any atom is 0.416 e. The lowest BCUT2D eigenvalue weighted by Gasteiger charge is -2.26. The van der Waals surface area contributed by atoms with Crippen LogP contribution in [0.25, 0.3) is 0 Å². The first-order valence-corrected chi connectivity index (χ1v) is 6.75. The summed E-state index contributed by atoms with van der Waals surface area (Å²) in [6.45, 7) is 4.17. The molecule has 1 amide bonds. The minimum absolute atomic E-state index is 0.198. The number of carbonyl (C=O) groups is 1. The Morgan fingerprint density at radius 1 is 1.29 bits per heavy atom. The van der Waals surface area contributed by atoms with Gasteiger partial charge in [0.1, 0.15) is 0 Å². The molecule has 0 bridgehead atoms. The van der Waals surface area contributed by atoms with Gasteiger partial charge in [-0.15, -0.1) is 0 Å². The highest BCUT2D eigenvalue weighted by Crippen LogP contribution is 2.38. The molecular formula is C16H16F3NO. The Balaban J connectivity index is 2.29. The summed E-state index contributed by atoms with van der Waals surface area (Å²) in [7, 11) is 0. The molecule has 1 aromatic rings. The monoisotopic (exact) mass is 295 g/mol. The summed E-state index contributed by atoms with van der Waals surface area (Å²) in [5, 5.41) is 0.